The first kappa shape index (κ1) is 15.1. The van der Waals surface area contributed by atoms with Gasteiger partial charge in [-0.1, -0.05) is 6.07 Å². The molecular weight excluding hydrogens is 304 g/mol. The van der Waals surface area contributed by atoms with Gasteiger partial charge in [-0.25, -0.2) is 4.79 Å². The summed E-state index contributed by atoms with van der Waals surface area (Å²) in [5.41, 5.74) is -0.0566. The maximum absolute atomic E-state index is 12.3. The van der Waals surface area contributed by atoms with Gasteiger partial charge in [0, 0.05) is 6.07 Å². The lowest BCUT2D eigenvalue weighted by atomic mass is 9.92. The van der Waals surface area contributed by atoms with Crippen LogP contribution in [0.25, 0.3) is 0 Å². The van der Waals surface area contributed by atoms with Crippen molar-refractivity contribution < 1.29 is 29.3 Å². The number of rotatable bonds is 2. The number of aromatic hydroxyl groups is 1. The van der Waals surface area contributed by atoms with Crippen LogP contribution in [-0.2, 0) is 6.42 Å². The second kappa shape index (κ2) is 5.13. The fourth-order valence-electron chi connectivity index (χ4n) is 2.71. The van der Waals surface area contributed by atoms with Crippen molar-refractivity contribution in [2.24, 2.45) is 0 Å². The monoisotopic (exact) mass is 317 g/mol. The van der Waals surface area contributed by atoms with Gasteiger partial charge >= 0.3 is 5.63 Å². The second-order valence-corrected chi connectivity index (χ2v) is 5.54. The quantitative estimate of drug-likeness (QED) is 0.833. The number of ketones is 1. The molecule has 2 heterocycles. The van der Waals surface area contributed by atoms with E-state index in [0.717, 1.165) is 18.2 Å². The highest BCUT2D eigenvalue weighted by molar-refractivity contribution is 6.01. The van der Waals surface area contributed by atoms with Crippen LogP contribution in [0.15, 0.2) is 33.5 Å². The molecule has 2 N–H and O–H groups in total. The van der Waals surface area contributed by atoms with Crippen molar-refractivity contribution in [3.63, 3.8) is 0 Å². The summed E-state index contributed by atoms with van der Waals surface area (Å²) in [6, 6.07) is 4.47. The fourth-order valence-corrected chi connectivity index (χ4v) is 2.71. The third kappa shape index (κ3) is 2.91. The SMILES string of the molecule is Cc1cc([O-])cc2c1C(=O)CC(O)(Cc1cc(O)cc(=O)o1)O2. The summed E-state index contributed by atoms with van der Waals surface area (Å²) in [6.07, 6.45) is -0.692. The number of Topliss-reactive ketones (excluding diaryl/α,β-unsaturated/α-hetero) is 1. The van der Waals surface area contributed by atoms with Crippen LogP contribution in [0.5, 0.6) is 17.2 Å². The summed E-state index contributed by atoms with van der Waals surface area (Å²) in [4.78, 5) is 23.5. The lowest BCUT2D eigenvalue weighted by Crippen LogP contribution is -2.44. The lowest BCUT2D eigenvalue weighted by Gasteiger charge is -2.34. The van der Waals surface area contributed by atoms with Gasteiger partial charge < -0.3 is 24.5 Å². The maximum Gasteiger partial charge on any atom is 0.339 e. The Morgan fingerprint density at radius 1 is 1.26 bits per heavy atom. The number of carbonyl (C=O) groups excluding carboxylic acids is 1. The zero-order valence-corrected chi connectivity index (χ0v) is 12.2. The Morgan fingerprint density at radius 2 is 2.00 bits per heavy atom. The van der Waals surface area contributed by atoms with E-state index in [1.54, 1.807) is 6.92 Å². The Hall–Kier alpha value is -2.80. The van der Waals surface area contributed by atoms with E-state index in [-0.39, 0.29) is 47.2 Å². The van der Waals surface area contributed by atoms with Crippen LogP contribution in [0.4, 0.5) is 0 Å². The molecule has 1 unspecified atom stereocenters. The smallest absolute Gasteiger partial charge is 0.339 e. The number of hydrogen-bond donors (Lipinski definition) is 2. The predicted molar refractivity (Wildman–Crippen MR) is 75.5 cm³/mol. The molecular formula is C16H13O7-. The number of carbonyl (C=O) groups is 1. The van der Waals surface area contributed by atoms with Crippen molar-refractivity contribution in [3.05, 3.63) is 51.6 Å². The average Bonchev–Trinajstić information content (AvgIpc) is 2.34. The summed E-state index contributed by atoms with van der Waals surface area (Å²) < 4.78 is 10.3. The summed E-state index contributed by atoms with van der Waals surface area (Å²) in [5.74, 6) is -3.05. The van der Waals surface area contributed by atoms with Crippen molar-refractivity contribution in [3.8, 4) is 17.2 Å². The highest BCUT2D eigenvalue weighted by Crippen LogP contribution is 2.37. The van der Waals surface area contributed by atoms with Gasteiger partial charge in [0.2, 0.25) is 5.79 Å². The molecule has 3 rings (SSSR count). The molecule has 1 aliphatic rings. The van der Waals surface area contributed by atoms with E-state index in [9.17, 15) is 24.9 Å². The van der Waals surface area contributed by atoms with E-state index in [2.05, 4.69) is 0 Å². The molecule has 1 aromatic carbocycles. The van der Waals surface area contributed by atoms with E-state index in [4.69, 9.17) is 9.15 Å². The normalized spacial score (nSPS) is 20.0. The van der Waals surface area contributed by atoms with E-state index in [0.29, 0.717) is 5.56 Å². The van der Waals surface area contributed by atoms with Gasteiger partial charge in [0.25, 0.3) is 0 Å². The van der Waals surface area contributed by atoms with Crippen LogP contribution in [0, 0.1) is 6.92 Å². The molecule has 0 saturated carbocycles. The highest BCUT2D eigenvalue weighted by Gasteiger charge is 2.40. The largest absolute Gasteiger partial charge is 0.872 e. The van der Waals surface area contributed by atoms with Gasteiger partial charge in [0.15, 0.2) is 5.78 Å². The number of fused-ring (bicyclic) bond motifs is 1. The first-order valence-corrected chi connectivity index (χ1v) is 6.85. The van der Waals surface area contributed by atoms with Crippen LogP contribution < -0.4 is 15.5 Å². The number of ether oxygens (including phenoxy) is 1. The molecule has 2 aromatic rings. The minimum absolute atomic E-state index is 0.00347. The molecule has 7 heteroatoms. The number of benzene rings is 1. The van der Waals surface area contributed by atoms with Crippen LogP contribution >= 0.6 is 0 Å². The van der Waals surface area contributed by atoms with Crippen LogP contribution in [0.3, 0.4) is 0 Å². The van der Waals surface area contributed by atoms with Crippen molar-refractivity contribution in [2.75, 3.05) is 0 Å². The van der Waals surface area contributed by atoms with Gasteiger partial charge in [-0.05, 0) is 18.6 Å². The van der Waals surface area contributed by atoms with Crippen LogP contribution in [0.2, 0.25) is 0 Å². The number of hydrogen-bond acceptors (Lipinski definition) is 7. The Kier molecular flexibility index (Phi) is 3.37. The minimum Gasteiger partial charge on any atom is -0.872 e. The third-order valence-electron chi connectivity index (χ3n) is 3.55. The molecule has 0 saturated heterocycles. The molecule has 0 fully saturated rings. The van der Waals surface area contributed by atoms with Gasteiger partial charge in [-0.2, -0.15) is 0 Å². The summed E-state index contributed by atoms with van der Waals surface area (Å²) in [7, 11) is 0. The van der Waals surface area contributed by atoms with Gasteiger partial charge in [-0.15, -0.1) is 5.75 Å². The lowest BCUT2D eigenvalue weighted by molar-refractivity contribution is -0.268. The molecule has 1 aromatic heterocycles. The molecule has 0 aliphatic carbocycles. The Balaban J connectivity index is 1.97. The van der Waals surface area contributed by atoms with E-state index in [1.165, 1.54) is 6.07 Å². The Labute approximate surface area is 130 Å². The second-order valence-electron chi connectivity index (χ2n) is 5.54. The van der Waals surface area contributed by atoms with Gasteiger partial charge in [0.1, 0.15) is 17.3 Å². The summed E-state index contributed by atoms with van der Waals surface area (Å²) in [6.45, 7) is 1.61. The third-order valence-corrected chi connectivity index (χ3v) is 3.55. The van der Waals surface area contributed by atoms with Crippen molar-refractivity contribution in [1.82, 2.24) is 0 Å². The molecule has 120 valence electrons. The van der Waals surface area contributed by atoms with Gasteiger partial charge in [0.05, 0.1) is 24.5 Å². The first-order valence-electron chi connectivity index (χ1n) is 6.85. The standard InChI is InChI=1S/C16H14O7/c1-8-2-9(17)4-13-15(8)12(19)7-16(21,23-13)6-11-3-10(18)5-14(20)22-11/h2-5,17-18,21H,6-7H2,1H3/p-1. The molecule has 1 aliphatic heterocycles. The highest BCUT2D eigenvalue weighted by atomic mass is 16.6. The minimum atomic E-state index is -1.96. The summed E-state index contributed by atoms with van der Waals surface area (Å²) >= 11 is 0. The molecule has 7 nitrogen and oxygen atoms in total. The molecule has 1 atom stereocenters. The number of aliphatic hydroxyl groups is 1. The topological polar surface area (TPSA) is 120 Å². The van der Waals surface area contributed by atoms with Gasteiger partial charge in [-0.3, -0.25) is 4.79 Å². The zero-order valence-electron chi connectivity index (χ0n) is 12.2. The molecule has 0 bridgehead atoms. The molecule has 0 spiro atoms. The maximum atomic E-state index is 12.3. The fraction of sp³-hybridized carbons (Fsp3) is 0.250. The van der Waals surface area contributed by atoms with Crippen LogP contribution in [-0.4, -0.2) is 21.8 Å². The number of aryl methyl sites for hydroxylation is 1. The molecule has 0 amide bonds. The average molecular weight is 317 g/mol. The van der Waals surface area contributed by atoms with Crippen molar-refractivity contribution >= 4 is 5.78 Å². The zero-order chi connectivity index (χ0) is 16.8. The predicted octanol–water partition coefficient (Wildman–Crippen LogP) is 0.624. The van der Waals surface area contributed by atoms with Crippen molar-refractivity contribution in [1.29, 1.82) is 0 Å². The van der Waals surface area contributed by atoms with E-state index in [1.807, 2.05) is 0 Å². The molecule has 0 radical (unpaired) electrons. The Morgan fingerprint density at radius 3 is 2.70 bits per heavy atom. The van der Waals surface area contributed by atoms with Crippen molar-refractivity contribution in [2.45, 2.75) is 25.6 Å². The van der Waals surface area contributed by atoms with E-state index < -0.39 is 11.4 Å². The first-order chi connectivity index (χ1) is 10.8. The summed E-state index contributed by atoms with van der Waals surface area (Å²) in [5, 5.41) is 31.5. The molecule has 23 heavy (non-hydrogen) atoms. The van der Waals surface area contributed by atoms with Crippen LogP contribution in [0.1, 0.15) is 28.1 Å². The Bertz CT molecular complexity index is 852. The van der Waals surface area contributed by atoms with E-state index >= 15 is 0 Å².